The van der Waals surface area contributed by atoms with Gasteiger partial charge in [0.25, 0.3) is 0 Å². The summed E-state index contributed by atoms with van der Waals surface area (Å²) in [6.07, 6.45) is 2.89. The van der Waals surface area contributed by atoms with E-state index in [-0.39, 0.29) is 11.9 Å². The van der Waals surface area contributed by atoms with E-state index in [0.29, 0.717) is 0 Å². The van der Waals surface area contributed by atoms with E-state index in [9.17, 15) is 9.59 Å². The molecular weight excluding hydrogens is 184 g/mol. The molecule has 0 spiro atoms. The molecule has 0 radical (unpaired) electrons. The Kier molecular flexibility index (Phi) is 3.88. The summed E-state index contributed by atoms with van der Waals surface area (Å²) in [4.78, 5) is 22.0. The molecule has 2 unspecified atom stereocenters. The average Bonchev–Trinajstić information content (AvgIpc) is 2.19. The second-order valence-electron chi connectivity index (χ2n) is 3.57. The third kappa shape index (κ3) is 2.99. The number of carboxylic acid groups (broad SMARTS) is 1. The molecule has 14 heavy (non-hydrogen) atoms. The third-order valence-electron chi connectivity index (χ3n) is 2.36. The summed E-state index contributed by atoms with van der Waals surface area (Å²) < 4.78 is 0. The number of amides is 1. The summed E-state index contributed by atoms with van der Waals surface area (Å²) in [5.41, 5.74) is 0. The molecule has 0 aliphatic carbocycles. The van der Waals surface area contributed by atoms with E-state index in [1.165, 1.54) is 6.92 Å². The highest BCUT2D eigenvalue weighted by molar-refractivity contribution is 5.86. The van der Waals surface area contributed by atoms with Gasteiger partial charge in [0.2, 0.25) is 5.91 Å². The van der Waals surface area contributed by atoms with Gasteiger partial charge < -0.3 is 15.7 Å². The summed E-state index contributed by atoms with van der Waals surface area (Å²) in [6.45, 7) is 2.29. The molecule has 0 aromatic heterocycles. The second-order valence-corrected chi connectivity index (χ2v) is 3.57. The summed E-state index contributed by atoms with van der Waals surface area (Å²) in [5.74, 6) is -1.21. The molecule has 1 rings (SSSR count). The quantitative estimate of drug-likeness (QED) is 0.585. The monoisotopic (exact) mass is 200 g/mol. The zero-order valence-corrected chi connectivity index (χ0v) is 8.25. The lowest BCUT2D eigenvalue weighted by Crippen LogP contribution is -2.50. The number of carboxylic acids is 1. The standard InChI is InChI=1S/C9H16N2O3/c1-6(9(13)14)11-8(12)7-4-2-3-5-10-7/h6-7,10H,2-5H2,1H3,(H,11,12)(H,13,14). The van der Waals surface area contributed by atoms with Crippen LogP contribution in [0.5, 0.6) is 0 Å². The van der Waals surface area contributed by atoms with Crippen LogP contribution in [0.1, 0.15) is 26.2 Å². The predicted octanol–water partition coefficient (Wildman–Crippen LogP) is -0.282. The first-order chi connectivity index (χ1) is 6.61. The molecular formula is C9H16N2O3. The van der Waals surface area contributed by atoms with Crippen molar-refractivity contribution in [1.82, 2.24) is 10.6 Å². The lowest BCUT2D eigenvalue weighted by Gasteiger charge is -2.23. The molecule has 0 aromatic carbocycles. The van der Waals surface area contributed by atoms with E-state index in [4.69, 9.17) is 5.11 Å². The van der Waals surface area contributed by atoms with Crippen molar-refractivity contribution in [2.45, 2.75) is 38.3 Å². The van der Waals surface area contributed by atoms with E-state index >= 15 is 0 Å². The molecule has 5 heteroatoms. The van der Waals surface area contributed by atoms with Crippen LogP contribution in [0.25, 0.3) is 0 Å². The van der Waals surface area contributed by atoms with Gasteiger partial charge in [-0.3, -0.25) is 9.59 Å². The Morgan fingerprint density at radius 2 is 2.21 bits per heavy atom. The number of hydrogen-bond acceptors (Lipinski definition) is 3. The number of aliphatic carboxylic acids is 1. The molecule has 0 aromatic rings. The zero-order valence-electron chi connectivity index (χ0n) is 8.25. The Balaban J connectivity index is 2.36. The van der Waals surface area contributed by atoms with Gasteiger partial charge in [-0.15, -0.1) is 0 Å². The molecule has 80 valence electrons. The fourth-order valence-electron chi connectivity index (χ4n) is 1.45. The van der Waals surface area contributed by atoms with Crippen LogP contribution in [0.2, 0.25) is 0 Å². The van der Waals surface area contributed by atoms with Crippen molar-refractivity contribution in [1.29, 1.82) is 0 Å². The number of hydrogen-bond donors (Lipinski definition) is 3. The van der Waals surface area contributed by atoms with E-state index in [1.807, 2.05) is 0 Å². The van der Waals surface area contributed by atoms with E-state index in [1.54, 1.807) is 0 Å². The van der Waals surface area contributed by atoms with Gasteiger partial charge in [-0.2, -0.15) is 0 Å². The Morgan fingerprint density at radius 3 is 2.71 bits per heavy atom. The minimum Gasteiger partial charge on any atom is -0.480 e. The van der Waals surface area contributed by atoms with Crippen LogP contribution in [0, 0.1) is 0 Å². The van der Waals surface area contributed by atoms with Gasteiger partial charge in [-0.1, -0.05) is 6.42 Å². The summed E-state index contributed by atoms with van der Waals surface area (Å²) in [7, 11) is 0. The predicted molar refractivity (Wildman–Crippen MR) is 50.9 cm³/mol. The maximum absolute atomic E-state index is 11.5. The normalized spacial score (nSPS) is 23.9. The average molecular weight is 200 g/mol. The summed E-state index contributed by atoms with van der Waals surface area (Å²) >= 11 is 0. The number of carbonyl (C=O) groups excluding carboxylic acids is 1. The molecule has 3 N–H and O–H groups in total. The summed E-state index contributed by atoms with van der Waals surface area (Å²) in [6, 6.07) is -1.03. The zero-order chi connectivity index (χ0) is 10.6. The van der Waals surface area contributed by atoms with Crippen molar-refractivity contribution in [3.8, 4) is 0 Å². The van der Waals surface area contributed by atoms with Crippen molar-refractivity contribution in [3.63, 3.8) is 0 Å². The molecule has 2 atom stereocenters. The van der Waals surface area contributed by atoms with Crippen LogP contribution < -0.4 is 10.6 Å². The third-order valence-corrected chi connectivity index (χ3v) is 2.36. The van der Waals surface area contributed by atoms with Crippen LogP contribution in [0.4, 0.5) is 0 Å². The molecule has 1 heterocycles. The second kappa shape index (κ2) is 4.95. The van der Waals surface area contributed by atoms with Crippen LogP contribution in [-0.2, 0) is 9.59 Å². The molecule has 5 nitrogen and oxygen atoms in total. The van der Waals surface area contributed by atoms with E-state index in [2.05, 4.69) is 10.6 Å². The highest BCUT2D eigenvalue weighted by Gasteiger charge is 2.23. The van der Waals surface area contributed by atoms with Gasteiger partial charge in [0, 0.05) is 0 Å². The van der Waals surface area contributed by atoms with Gasteiger partial charge in [0.15, 0.2) is 0 Å². The molecule has 0 saturated carbocycles. The Bertz CT molecular complexity index is 224. The Morgan fingerprint density at radius 1 is 1.50 bits per heavy atom. The van der Waals surface area contributed by atoms with Gasteiger partial charge in [0.05, 0.1) is 6.04 Å². The molecule has 0 bridgehead atoms. The van der Waals surface area contributed by atoms with Crippen LogP contribution in [0.15, 0.2) is 0 Å². The topological polar surface area (TPSA) is 78.4 Å². The van der Waals surface area contributed by atoms with Gasteiger partial charge in [-0.05, 0) is 26.3 Å². The SMILES string of the molecule is CC(NC(=O)C1CCCCN1)C(=O)O. The van der Waals surface area contributed by atoms with Gasteiger partial charge >= 0.3 is 5.97 Å². The molecule has 1 aliphatic rings. The number of carbonyl (C=O) groups is 2. The van der Waals surface area contributed by atoms with Crippen molar-refractivity contribution in [3.05, 3.63) is 0 Å². The fourth-order valence-corrected chi connectivity index (χ4v) is 1.45. The lowest BCUT2D eigenvalue weighted by molar-refractivity contribution is -0.141. The smallest absolute Gasteiger partial charge is 0.325 e. The van der Waals surface area contributed by atoms with Crippen molar-refractivity contribution >= 4 is 11.9 Å². The van der Waals surface area contributed by atoms with Crippen molar-refractivity contribution < 1.29 is 14.7 Å². The van der Waals surface area contributed by atoms with Gasteiger partial charge in [-0.25, -0.2) is 0 Å². The molecule has 1 aliphatic heterocycles. The largest absolute Gasteiger partial charge is 0.480 e. The Hall–Kier alpha value is -1.10. The fraction of sp³-hybridized carbons (Fsp3) is 0.778. The molecule has 1 saturated heterocycles. The van der Waals surface area contributed by atoms with Crippen molar-refractivity contribution in [2.24, 2.45) is 0 Å². The number of piperidine rings is 1. The number of nitrogens with one attached hydrogen (secondary N) is 2. The highest BCUT2D eigenvalue weighted by atomic mass is 16.4. The van der Waals surface area contributed by atoms with Crippen molar-refractivity contribution in [2.75, 3.05) is 6.54 Å². The first-order valence-electron chi connectivity index (χ1n) is 4.88. The Labute approximate surface area is 82.9 Å². The van der Waals surface area contributed by atoms with Crippen LogP contribution in [0.3, 0.4) is 0 Å². The first kappa shape index (κ1) is 11.0. The van der Waals surface area contributed by atoms with Crippen LogP contribution >= 0.6 is 0 Å². The minimum absolute atomic E-state index is 0.209. The summed E-state index contributed by atoms with van der Waals surface area (Å²) in [5, 5.41) is 14.1. The highest BCUT2D eigenvalue weighted by Crippen LogP contribution is 2.06. The maximum Gasteiger partial charge on any atom is 0.325 e. The first-order valence-corrected chi connectivity index (χ1v) is 4.88. The van der Waals surface area contributed by atoms with Gasteiger partial charge in [0.1, 0.15) is 6.04 Å². The van der Waals surface area contributed by atoms with E-state index in [0.717, 1.165) is 25.8 Å². The van der Waals surface area contributed by atoms with Crippen LogP contribution in [-0.4, -0.2) is 35.6 Å². The molecule has 1 fully saturated rings. The lowest BCUT2D eigenvalue weighted by atomic mass is 10.0. The number of rotatable bonds is 3. The maximum atomic E-state index is 11.5. The molecule has 1 amide bonds. The van der Waals surface area contributed by atoms with E-state index < -0.39 is 12.0 Å². The minimum atomic E-state index is -1.01.